The van der Waals surface area contributed by atoms with E-state index in [0.29, 0.717) is 39.1 Å². The van der Waals surface area contributed by atoms with Crippen molar-refractivity contribution in [3.05, 3.63) is 30.1 Å². The number of hydrogen-bond acceptors (Lipinski definition) is 4. The van der Waals surface area contributed by atoms with E-state index in [2.05, 4.69) is 4.98 Å². The molecule has 2 amide bonds. The van der Waals surface area contributed by atoms with Crippen LogP contribution in [0.2, 0.25) is 0 Å². The zero-order valence-electron chi connectivity index (χ0n) is 13.2. The predicted molar refractivity (Wildman–Crippen MR) is 81.9 cm³/mol. The van der Waals surface area contributed by atoms with E-state index in [1.165, 1.54) is 0 Å². The van der Waals surface area contributed by atoms with Gasteiger partial charge in [-0.1, -0.05) is 6.07 Å². The van der Waals surface area contributed by atoms with E-state index in [-0.39, 0.29) is 17.7 Å². The molecule has 6 heteroatoms. The highest BCUT2D eigenvalue weighted by atomic mass is 16.5. The molecule has 1 aliphatic heterocycles. The van der Waals surface area contributed by atoms with Crippen molar-refractivity contribution in [2.45, 2.75) is 19.4 Å². The van der Waals surface area contributed by atoms with Crippen molar-refractivity contribution < 1.29 is 14.3 Å². The molecule has 1 saturated heterocycles. The van der Waals surface area contributed by atoms with Gasteiger partial charge in [0.05, 0.1) is 18.8 Å². The normalized spacial score (nSPS) is 18.4. The van der Waals surface area contributed by atoms with E-state index < -0.39 is 0 Å². The van der Waals surface area contributed by atoms with E-state index in [1.807, 2.05) is 18.2 Å². The smallest absolute Gasteiger partial charge is 0.226 e. The van der Waals surface area contributed by atoms with E-state index in [9.17, 15) is 9.59 Å². The number of piperidine rings is 1. The molecule has 0 unspecified atom stereocenters. The van der Waals surface area contributed by atoms with Gasteiger partial charge in [-0.25, -0.2) is 0 Å². The minimum atomic E-state index is -0.232. The summed E-state index contributed by atoms with van der Waals surface area (Å²) in [7, 11) is 3.39. The average Bonchev–Trinajstić information content (AvgIpc) is 2.54. The molecule has 0 aliphatic carbocycles. The highest BCUT2D eigenvalue weighted by Gasteiger charge is 2.31. The van der Waals surface area contributed by atoms with Gasteiger partial charge in [0.25, 0.3) is 0 Å². The van der Waals surface area contributed by atoms with Gasteiger partial charge in [-0.3, -0.25) is 14.6 Å². The lowest BCUT2D eigenvalue weighted by molar-refractivity contribution is -0.145. The van der Waals surface area contributed by atoms with Crippen LogP contribution in [-0.2, 0) is 20.9 Å². The summed E-state index contributed by atoms with van der Waals surface area (Å²) in [4.78, 5) is 32.3. The first kappa shape index (κ1) is 16.4. The Morgan fingerprint density at radius 2 is 2.32 bits per heavy atom. The van der Waals surface area contributed by atoms with Gasteiger partial charge in [0.1, 0.15) is 0 Å². The van der Waals surface area contributed by atoms with Crippen LogP contribution in [0.15, 0.2) is 24.4 Å². The van der Waals surface area contributed by atoms with Crippen molar-refractivity contribution in [3.63, 3.8) is 0 Å². The summed E-state index contributed by atoms with van der Waals surface area (Å²) in [6.45, 7) is 2.06. The van der Waals surface area contributed by atoms with Gasteiger partial charge in [-0.15, -0.1) is 0 Å². The molecule has 1 aliphatic rings. The first-order chi connectivity index (χ1) is 10.6. The molecule has 0 saturated carbocycles. The lowest BCUT2D eigenvalue weighted by Gasteiger charge is -2.32. The SMILES string of the molecule is COCCN(Cc1ccccn1)C(=O)[C@@H]1CCN(C)C(=O)C1. The maximum absolute atomic E-state index is 12.7. The van der Waals surface area contributed by atoms with Crippen LogP contribution >= 0.6 is 0 Å². The van der Waals surface area contributed by atoms with Crippen LogP contribution in [-0.4, -0.2) is 60.5 Å². The number of rotatable bonds is 6. The van der Waals surface area contributed by atoms with Crippen LogP contribution in [0.5, 0.6) is 0 Å². The molecule has 22 heavy (non-hydrogen) atoms. The lowest BCUT2D eigenvalue weighted by atomic mass is 9.95. The third kappa shape index (κ3) is 4.27. The molecule has 0 aromatic carbocycles. The average molecular weight is 305 g/mol. The monoisotopic (exact) mass is 305 g/mol. The second-order valence-corrected chi connectivity index (χ2v) is 5.58. The van der Waals surface area contributed by atoms with E-state index in [0.717, 1.165) is 5.69 Å². The largest absolute Gasteiger partial charge is 0.383 e. The molecule has 6 nitrogen and oxygen atoms in total. The van der Waals surface area contributed by atoms with Gasteiger partial charge in [0.15, 0.2) is 0 Å². The van der Waals surface area contributed by atoms with Crippen LogP contribution in [0.4, 0.5) is 0 Å². The van der Waals surface area contributed by atoms with Gasteiger partial charge in [0, 0.05) is 45.8 Å². The fourth-order valence-electron chi connectivity index (χ4n) is 2.57. The van der Waals surface area contributed by atoms with Gasteiger partial charge < -0.3 is 14.5 Å². The second-order valence-electron chi connectivity index (χ2n) is 5.58. The fourth-order valence-corrected chi connectivity index (χ4v) is 2.57. The number of pyridine rings is 1. The highest BCUT2D eigenvalue weighted by Crippen LogP contribution is 2.20. The minimum Gasteiger partial charge on any atom is -0.383 e. The van der Waals surface area contributed by atoms with Crippen LogP contribution in [0.3, 0.4) is 0 Å². The number of aromatic nitrogens is 1. The van der Waals surface area contributed by atoms with Crippen molar-refractivity contribution >= 4 is 11.8 Å². The van der Waals surface area contributed by atoms with Gasteiger partial charge >= 0.3 is 0 Å². The molecule has 1 fully saturated rings. The third-order valence-corrected chi connectivity index (χ3v) is 3.96. The minimum absolute atomic E-state index is 0.0177. The summed E-state index contributed by atoms with van der Waals surface area (Å²) in [5.74, 6) is -0.178. The molecule has 0 spiro atoms. The van der Waals surface area contributed by atoms with Crippen LogP contribution in [0, 0.1) is 5.92 Å². The van der Waals surface area contributed by atoms with E-state index in [4.69, 9.17) is 4.74 Å². The highest BCUT2D eigenvalue weighted by molar-refractivity contribution is 5.86. The van der Waals surface area contributed by atoms with Crippen molar-refractivity contribution in [3.8, 4) is 0 Å². The summed E-state index contributed by atoms with van der Waals surface area (Å²) in [6.07, 6.45) is 2.72. The Bertz CT molecular complexity index is 507. The Balaban J connectivity index is 2.04. The van der Waals surface area contributed by atoms with E-state index >= 15 is 0 Å². The number of methoxy groups -OCH3 is 1. The number of carbonyl (C=O) groups is 2. The number of ether oxygens (including phenoxy) is 1. The maximum Gasteiger partial charge on any atom is 0.226 e. The van der Waals surface area contributed by atoms with Gasteiger partial charge in [-0.2, -0.15) is 0 Å². The van der Waals surface area contributed by atoms with Crippen LogP contribution in [0.25, 0.3) is 0 Å². The molecule has 2 heterocycles. The molecule has 0 radical (unpaired) electrons. The van der Waals surface area contributed by atoms with Gasteiger partial charge in [-0.05, 0) is 18.6 Å². The lowest BCUT2D eigenvalue weighted by Crippen LogP contribution is -2.44. The molecule has 2 rings (SSSR count). The Morgan fingerprint density at radius 1 is 1.50 bits per heavy atom. The Kier molecular flexibility index (Phi) is 5.89. The van der Waals surface area contributed by atoms with Crippen molar-refractivity contribution in [1.29, 1.82) is 0 Å². The molecule has 0 N–H and O–H groups in total. The van der Waals surface area contributed by atoms with Crippen molar-refractivity contribution in [2.75, 3.05) is 33.9 Å². The summed E-state index contributed by atoms with van der Waals surface area (Å²) >= 11 is 0. The molecule has 1 aromatic heterocycles. The quantitative estimate of drug-likeness (QED) is 0.784. The Hall–Kier alpha value is -1.95. The molecule has 0 bridgehead atoms. The third-order valence-electron chi connectivity index (χ3n) is 3.96. The predicted octanol–water partition coefficient (Wildman–Crippen LogP) is 0.925. The number of nitrogens with zero attached hydrogens (tertiary/aromatic N) is 3. The number of carbonyl (C=O) groups excluding carboxylic acids is 2. The molecular weight excluding hydrogens is 282 g/mol. The van der Waals surface area contributed by atoms with E-state index in [1.54, 1.807) is 30.2 Å². The molecular formula is C16H23N3O3. The summed E-state index contributed by atoms with van der Waals surface area (Å²) in [5, 5.41) is 0. The zero-order valence-corrected chi connectivity index (χ0v) is 13.2. The topological polar surface area (TPSA) is 62.7 Å². The molecule has 1 atom stereocenters. The maximum atomic E-state index is 12.7. The van der Waals surface area contributed by atoms with Crippen LogP contribution in [0.1, 0.15) is 18.5 Å². The zero-order chi connectivity index (χ0) is 15.9. The van der Waals surface area contributed by atoms with Crippen molar-refractivity contribution in [1.82, 2.24) is 14.8 Å². The molecule has 1 aromatic rings. The second kappa shape index (κ2) is 7.89. The Morgan fingerprint density at radius 3 is 2.95 bits per heavy atom. The number of amides is 2. The summed E-state index contributed by atoms with van der Waals surface area (Å²) < 4.78 is 5.10. The summed E-state index contributed by atoms with van der Waals surface area (Å²) in [6, 6.07) is 5.65. The van der Waals surface area contributed by atoms with Gasteiger partial charge in [0.2, 0.25) is 11.8 Å². The first-order valence-electron chi connectivity index (χ1n) is 7.53. The first-order valence-corrected chi connectivity index (χ1v) is 7.53. The Labute approximate surface area is 131 Å². The fraction of sp³-hybridized carbons (Fsp3) is 0.562. The number of hydrogen-bond donors (Lipinski definition) is 0. The molecule has 120 valence electrons. The number of likely N-dealkylation sites (tertiary alicyclic amines) is 1. The summed E-state index contributed by atoms with van der Waals surface area (Å²) in [5.41, 5.74) is 0.839. The van der Waals surface area contributed by atoms with Crippen molar-refractivity contribution in [2.24, 2.45) is 5.92 Å². The van der Waals surface area contributed by atoms with Crippen LogP contribution < -0.4 is 0 Å². The standard InChI is InChI=1S/C16H23N3O3/c1-18-8-6-13(11-15(18)20)16(21)19(9-10-22-2)12-14-5-3-4-7-17-14/h3-5,7,13H,6,8-12H2,1-2H3/t13-/m1/s1.